The molecular formula is C14H17F3N4. The van der Waals surface area contributed by atoms with Gasteiger partial charge in [0.05, 0.1) is 11.3 Å². The zero-order valence-electron chi connectivity index (χ0n) is 11.6. The van der Waals surface area contributed by atoms with E-state index in [1.807, 2.05) is 11.9 Å². The first-order chi connectivity index (χ1) is 9.91. The minimum absolute atomic E-state index is 0.538. The molecule has 0 aliphatic heterocycles. The Balaban J connectivity index is 2.21. The van der Waals surface area contributed by atoms with Crippen LogP contribution in [0.3, 0.4) is 0 Å². The molecule has 0 fully saturated rings. The van der Waals surface area contributed by atoms with Gasteiger partial charge in [-0.25, -0.2) is 0 Å². The van der Waals surface area contributed by atoms with Crippen molar-refractivity contribution in [2.45, 2.75) is 12.7 Å². The van der Waals surface area contributed by atoms with Crippen LogP contribution in [0.1, 0.15) is 11.3 Å². The number of hydrogen-bond donors (Lipinski definition) is 2. The van der Waals surface area contributed by atoms with E-state index in [1.54, 1.807) is 6.20 Å². The lowest BCUT2D eigenvalue weighted by molar-refractivity contribution is -0.137. The van der Waals surface area contributed by atoms with Crippen molar-refractivity contribution in [2.75, 3.05) is 20.1 Å². The van der Waals surface area contributed by atoms with Gasteiger partial charge in [0.25, 0.3) is 0 Å². The summed E-state index contributed by atoms with van der Waals surface area (Å²) in [5, 5.41) is 6.92. The highest BCUT2D eigenvalue weighted by atomic mass is 19.4. The van der Waals surface area contributed by atoms with Crippen LogP contribution >= 0.6 is 0 Å². The zero-order chi connectivity index (χ0) is 15.5. The van der Waals surface area contributed by atoms with Crippen molar-refractivity contribution in [3.8, 4) is 11.1 Å². The van der Waals surface area contributed by atoms with Crippen LogP contribution in [0.25, 0.3) is 11.1 Å². The smallest absolute Gasteiger partial charge is 0.329 e. The van der Waals surface area contributed by atoms with Crippen LogP contribution in [0, 0.1) is 0 Å². The Bertz CT molecular complexity index is 575. The van der Waals surface area contributed by atoms with E-state index >= 15 is 0 Å². The van der Waals surface area contributed by atoms with E-state index in [0.717, 1.165) is 29.9 Å². The van der Waals surface area contributed by atoms with Crippen LogP contribution in [-0.4, -0.2) is 35.2 Å². The van der Waals surface area contributed by atoms with Gasteiger partial charge in [0.1, 0.15) is 0 Å². The lowest BCUT2D eigenvalue weighted by Gasteiger charge is -2.14. The van der Waals surface area contributed by atoms with Crippen LogP contribution in [0.5, 0.6) is 0 Å². The monoisotopic (exact) mass is 298 g/mol. The average molecular weight is 298 g/mol. The molecule has 7 heteroatoms. The zero-order valence-corrected chi connectivity index (χ0v) is 11.6. The number of aromatic nitrogens is 2. The van der Waals surface area contributed by atoms with Gasteiger partial charge in [0.2, 0.25) is 0 Å². The molecule has 0 amide bonds. The summed E-state index contributed by atoms with van der Waals surface area (Å²) in [5.41, 5.74) is 7.12. The largest absolute Gasteiger partial charge is 0.416 e. The van der Waals surface area contributed by atoms with E-state index in [4.69, 9.17) is 5.73 Å². The number of nitrogens with two attached hydrogens (primary N) is 1. The number of likely N-dealkylation sites (N-methyl/N-ethyl adjacent to an activating group) is 1. The fourth-order valence-electron chi connectivity index (χ4n) is 2.08. The SMILES string of the molecule is CN(CCN)Cc1n[nH]cc1-c1ccc(C(F)(F)F)cc1. The number of aromatic amines is 1. The van der Waals surface area contributed by atoms with E-state index < -0.39 is 11.7 Å². The minimum atomic E-state index is -4.32. The molecule has 0 atom stereocenters. The molecule has 0 aliphatic rings. The van der Waals surface area contributed by atoms with Gasteiger partial charge in [-0.2, -0.15) is 18.3 Å². The maximum absolute atomic E-state index is 12.6. The van der Waals surface area contributed by atoms with Gasteiger partial charge in [-0.15, -0.1) is 0 Å². The molecule has 1 aromatic carbocycles. The van der Waals surface area contributed by atoms with Crippen LogP contribution in [0.2, 0.25) is 0 Å². The molecule has 2 rings (SSSR count). The summed E-state index contributed by atoms with van der Waals surface area (Å²) in [5.74, 6) is 0. The normalized spacial score (nSPS) is 12.1. The predicted octanol–water partition coefficient (Wildman–Crippen LogP) is 2.49. The van der Waals surface area contributed by atoms with Gasteiger partial charge in [0, 0.05) is 31.4 Å². The van der Waals surface area contributed by atoms with E-state index in [1.165, 1.54) is 12.1 Å². The minimum Gasteiger partial charge on any atom is -0.329 e. The van der Waals surface area contributed by atoms with E-state index in [9.17, 15) is 13.2 Å². The van der Waals surface area contributed by atoms with Gasteiger partial charge in [0.15, 0.2) is 0 Å². The number of hydrogen-bond acceptors (Lipinski definition) is 3. The van der Waals surface area contributed by atoms with Gasteiger partial charge >= 0.3 is 6.18 Å². The number of H-pyrrole nitrogens is 1. The molecular weight excluding hydrogens is 281 g/mol. The second kappa shape index (κ2) is 6.28. The van der Waals surface area contributed by atoms with Crippen LogP contribution in [0.15, 0.2) is 30.5 Å². The molecule has 0 saturated carbocycles. The van der Waals surface area contributed by atoms with Crippen molar-refractivity contribution in [1.82, 2.24) is 15.1 Å². The number of nitrogens with one attached hydrogen (secondary N) is 1. The number of rotatable bonds is 5. The molecule has 0 saturated heterocycles. The average Bonchev–Trinajstić information content (AvgIpc) is 2.86. The standard InChI is InChI=1S/C14H17F3N4/c1-21(7-6-18)9-13-12(8-19-20-13)10-2-4-11(5-3-10)14(15,16)17/h2-5,8H,6-7,9,18H2,1H3,(H,19,20). The lowest BCUT2D eigenvalue weighted by Crippen LogP contribution is -2.25. The molecule has 0 unspecified atom stereocenters. The van der Waals surface area contributed by atoms with Gasteiger partial charge in [-0.1, -0.05) is 12.1 Å². The summed E-state index contributed by atoms with van der Waals surface area (Å²) >= 11 is 0. The highest BCUT2D eigenvalue weighted by molar-refractivity contribution is 5.65. The molecule has 21 heavy (non-hydrogen) atoms. The lowest BCUT2D eigenvalue weighted by atomic mass is 10.0. The first-order valence-corrected chi connectivity index (χ1v) is 6.50. The molecule has 3 N–H and O–H groups in total. The molecule has 0 bridgehead atoms. The molecule has 1 aromatic heterocycles. The number of halogens is 3. The Morgan fingerprint density at radius 1 is 1.24 bits per heavy atom. The summed E-state index contributed by atoms with van der Waals surface area (Å²) in [6, 6.07) is 5.08. The van der Waals surface area contributed by atoms with Crippen LogP contribution < -0.4 is 5.73 Å². The van der Waals surface area contributed by atoms with E-state index in [-0.39, 0.29) is 0 Å². The van der Waals surface area contributed by atoms with Crippen molar-refractivity contribution < 1.29 is 13.2 Å². The second-order valence-corrected chi connectivity index (χ2v) is 4.85. The summed E-state index contributed by atoms with van der Waals surface area (Å²) in [6.07, 6.45) is -2.63. The van der Waals surface area contributed by atoms with Crippen molar-refractivity contribution in [3.63, 3.8) is 0 Å². The summed E-state index contributed by atoms with van der Waals surface area (Å²) in [4.78, 5) is 2.00. The number of nitrogens with zero attached hydrogens (tertiary/aromatic N) is 2. The Kier molecular flexibility index (Phi) is 4.64. The fourth-order valence-corrected chi connectivity index (χ4v) is 2.08. The van der Waals surface area contributed by atoms with E-state index in [2.05, 4.69) is 10.2 Å². The number of alkyl halides is 3. The van der Waals surface area contributed by atoms with Gasteiger partial charge < -0.3 is 5.73 Å². The summed E-state index contributed by atoms with van der Waals surface area (Å²) in [6.45, 7) is 1.84. The van der Waals surface area contributed by atoms with E-state index in [0.29, 0.717) is 18.7 Å². The second-order valence-electron chi connectivity index (χ2n) is 4.85. The quantitative estimate of drug-likeness (QED) is 0.891. The summed E-state index contributed by atoms with van der Waals surface area (Å²) in [7, 11) is 1.91. The Morgan fingerprint density at radius 2 is 1.90 bits per heavy atom. The third-order valence-electron chi connectivity index (χ3n) is 3.17. The van der Waals surface area contributed by atoms with Crippen LogP contribution in [-0.2, 0) is 12.7 Å². The molecule has 0 aliphatic carbocycles. The first-order valence-electron chi connectivity index (χ1n) is 6.50. The van der Waals surface area contributed by atoms with Crippen LogP contribution in [0.4, 0.5) is 13.2 Å². The molecule has 0 spiro atoms. The molecule has 2 aromatic rings. The van der Waals surface area contributed by atoms with Gasteiger partial charge in [-0.05, 0) is 24.7 Å². The topological polar surface area (TPSA) is 57.9 Å². The number of benzene rings is 1. The molecule has 114 valence electrons. The predicted molar refractivity (Wildman–Crippen MR) is 74.4 cm³/mol. The Morgan fingerprint density at radius 3 is 2.48 bits per heavy atom. The fraction of sp³-hybridized carbons (Fsp3) is 0.357. The Labute approximate surface area is 120 Å². The van der Waals surface area contributed by atoms with Crippen molar-refractivity contribution in [2.24, 2.45) is 5.73 Å². The summed E-state index contributed by atoms with van der Waals surface area (Å²) < 4.78 is 37.7. The highest BCUT2D eigenvalue weighted by Crippen LogP contribution is 2.31. The molecule has 1 heterocycles. The first kappa shape index (κ1) is 15.5. The van der Waals surface area contributed by atoms with Crippen molar-refractivity contribution in [3.05, 3.63) is 41.7 Å². The van der Waals surface area contributed by atoms with Crippen molar-refractivity contribution >= 4 is 0 Å². The maximum atomic E-state index is 12.6. The Hall–Kier alpha value is -1.86. The maximum Gasteiger partial charge on any atom is 0.416 e. The van der Waals surface area contributed by atoms with Crippen molar-refractivity contribution in [1.29, 1.82) is 0 Å². The molecule has 4 nitrogen and oxygen atoms in total. The van der Waals surface area contributed by atoms with Gasteiger partial charge in [-0.3, -0.25) is 10.00 Å². The highest BCUT2D eigenvalue weighted by Gasteiger charge is 2.30. The molecule has 0 radical (unpaired) electrons. The third kappa shape index (κ3) is 3.83. The third-order valence-corrected chi connectivity index (χ3v) is 3.17.